The van der Waals surface area contributed by atoms with Crippen molar-refractivity contribution in [2.75, 3.05) is 13.1 Å². The zero-order valence-electron chi connectivity index (χ0n) is 5.36. The van der Waals surface area contributed by atoms with Gasteiger partial charge in [-0.25, -0.2) is 0 Å². The number of amides is 1. The van der Waals surface area contributed by atoms with Gasteiger partial charge in [0.1, 0.15) is 5.38 Å². The van der Waals surface area contributed by atoms with Gasteiger partial charge in [-0.3, -0.25) is 4.79 Å². The Morgan fingerprint density at radius 2 is 2.44 bits per heavy atom. The van der Waals surface area contributed by atoms with Crippen LogP contribution in [0.25, 0.3) is 0 Å². The normalized spacial score (nSPS) is 12.8. The summed E-state index contributed by atoms with van der Waals surface area (Å²) in [5, 5.41) is 2.07. The average molecular weight is 151 g/mol. The van der Waals surface area contributed by atoms with Crippen LogP contribution in [-0.2, 0) is 4.79 Å². The molecule has 3 N–H and O–H groups in total. The zero-order valence-corrected chi connectivity index (χ0v) is 6.11. The molecule has 0 aromatic heterocycles. The molecule has 1 atom stereocenters. The molecule has 0 spiro atoms. The van der Waals surface area contributed by atoms with Crippen molar-refractivity contribution in [2.24, 2.45) is 5.73 Å². The summed E-state index contributed by atoms with van der Waals surface area (Å²) in [4.78, 5) is 10.6. The number of halogens is 1. The van der Waals surface area contributed by atoms with Crippen molar-refractivity contribution in [3.05, 3.63) is 0 Å². The van der Waals surface area contributed by atoms with Crippen LogP contribution in [0.15, 0.2) is 0 Å². The monoisotopic (exact) mass is 150 g/mol. The molecule has 1 amide bonds. The Balaban J connectivity index is 3.28. The van der Waals surface area contributed by atoms with Gasteiger partial charge in [0, 0.05) is 13.1 Å². The molecule has 4 heteroatoms. The van der Waals surface area contributed by atoms with Crippen LogP contribution in [0.2, 0.25) is 0 Å². The molecule has 54 valence electrons. The Bertz CT molecular complexity index is 95.0. The summed E-state index contributed by atoms with van der Waals surface area (Å²) in [5.41, 5.74) is 5.12. The molecule has 0 aliphatic heterocycles. The second kappa shape index (κ2) is 4.58. The molecule has 9 heavy (non-hydrogen) atoms. The molecule has 0 aliphatic rings. The molecule has 1 unspecified atom stereocenters. The summed E-state index contributed by atoms with van der Waals surface area (Å²) >= 11 is 5.41. The Labute approximate surface area is 59.6 Å². The maximum atomic E-state index is 10.6. The van der Waals surface area contributed by atoms with Crippen molar-refractivity contribution in [1.82, 2.24) is 5.32 Å². The van der Waals surface area contributed by atoms with E-state index < -0.39 is 5.38 Å². The molecule has 0 aliphatic carbocycles. The Morgan fingerprint density at radius 3 is 2.78 bits per heavy atom. The van der Waals surface area contributed by atoms with Crippen LogP contribution < -0.4 is 11.1 Å². The number of carbonyl (C=O) groups excluding carboxylic acids is 1. The summed E-state index contributed by atoms with van der Waals surface area (Å²) in [6, 6.07) is 0. The molecule has 0 heterocycles. The fourth-order valence-corrected chi connectivity index (χ4v) is 0.413. The summed E-state index contributed by atoms with van der Waals surface area (Å²) in [6.07, 6.45) is 0. The lowest BCUT2D eigenvalue weighted by molar-refractivity contribution is -0.120. The number of hydrogen-bond acceptors (Lipinski definition) is 2. The van der Waals surface area contributed by atoms with E-state index in [9.17, 15) is 4.79 Å². The van der Waals surface area contributed by atoms with Crippen LogP contribution in [0, 0.1) is 0 Å². The second-order valence-corrected chi connectivity index (χ2v) is 2.35. The number of nitrogens with two attached hydrogens (primary N) is 1. The SMILES string of the molecule is CC(Cl)C(=O)NCCN. The van der Waals surface area contributed by atoms with E-state index in [1.54, 1.807) is 6.92 Å². The van der Waals surface area contributed by atoms with Gasteiger partial charge >= 0.3 is 0 Å². The summed E-state index contributed by atoms with van der Waals surface area (Å²) in [5.74, 6) is -0.165. The highest BCUT2D eigenvalue weighted by Crippen LogP contribution is 1.90. The van der Waals surface area contributed by atoms with Gasteiger partial charge in [0.05, 0.1) is 0 Å². The second-order valence-electron chi connectivity index (χ2n) is 1.70. The van der Waals surface area contributed by atoms with Crippen LogP contribution in [-0.4, -0.2) is 24.4 Å². The van der Waals surface area contributed by atoms with E-state index in [1.807, 2.05) is 0 Å². The molecule has 0 rings (SSSR count). The van der Waals surface area contributed by atoms with E-state index in [0.29, 0.717) is 13.1 Å². The smallest absolute Gasteiger partial charge is 0.237 e. The first-order valence-electron chi connectivity index (χ1n) is 2.80. The van der Waals surface area contributed by atoms with Crippen molar-refractivity contribution in [2.45, 2.75) is 12.3 Å². The van der Waals surface area contributed by atoms with Crippen molar-refractivity contribution in [1.29, 1.82) is 0 Å². The van der Waals surface area contributed by atoms with Crippen molar-refractivity contribution in [3.63, 3.8) is 0 Å². The molecule has 0 saturated heterocycles. The number of hydrogen-bond donors (Lipinski definition) is 2. The van der Waals surface area contributed by atoms with Gasteiger partial charge < -0.3 is 11.1 Å². The first-order chi connectivity index (χ1) is 4.18. The Hall–Kier alpha value is -0.280. The van der Waals surface area contributed by atoms with Crippen molar-refractivity contribution in [3.8, 4) is 0 Å². The van der Waals surface area contributed by atoms with E-state index in [0.717, 1.165) is 0 Å². The molecule has 3 nitrogen and oxygen atoms in total. The lowest BCUT2D eigenvalue weighted by Gasteiger charge is -2.02. The van der Waals surface area contributed by atoms with Crippen molar-refractivity contribution < 1.29 is 4.79 Å². The van der Waals surface area contributed by atoms with Gasteiger partial charge in [-0.1, -0.05) is 0 Å². The number of alkyl halides is 1. The molecular formula is C5H11ClN2O. The summed E-state index contributed by atoms with van der Waals surface area (Å²) in [7, 11) is 0. The fourth-order valence-electron chi connectivity index (χ4n) is 0.336. The highest BCUT2D eigenvalue weighted by Gasteiger charge is 2.05. The largest absolute Gasteiger partial charge is 0.354 e. The highest BCUT2D eigenvalue weighted by atomic mass is 35.5. The van der Waals surface area contributed by atoms with Gasteiger partial charge in [-0.05, 0) is 6.92 Å². The van der Waals surface area contributed by atoms with Gasteiger partial charge in [-0.15, -0.1) is 11.6 Å². The minimum absolute atomic E-state index is 0.165. The third-order valence-corrected chi connectivity index (χ3v) is 1.00. The summed E-state index contributed by atoms with van der Waals surface area (Å²) < 4.78 is 0. The molecule has 0 radical (unpaired) electrons. The molecule has 0 bridgehead atoms. The van der Waals surface area contributed by atoms with Crippen LogP contribution in [0.3, 0.4) is 0 Å². The predicted molar refractivity (Wildman–Crippen MR) is 37.4 cm³/mol. The number of carbonyl (C=O) groups is 1. The van der Waals surface area contributed by atoms with Gasteiger partial charge in [0.2, 0.25) is 5.91 Å². The van der Waals surface area contributed by atoms with E-state index in [1.165, 1.54) is 0 Å². The molecule has 0 aromatic carbocycles. The number of rotatable bonds is 3. The highest BCUT2D eigenvalue weighted by molar-refractivity contribution is 6.30. The predicted octanol–water partition coefficient (Wildman–Crippen LogP) is -0.311. The first kappa shape index (κ1) is 8.72. The van der Waals surface area contributed by atoms with E-state index in [2.05, 4.69) is 5.32 Å². The minimum Gasteiger partial charge on any atom is -0.354 e. The lowest BCUT2D eigenvalue weighted by Crippen LogP contribution is -2.33. The Kier molecular flexibility index (Phi) is 4.44. The molecule has 0 saturated carbocycles. The van der Waals surface area contributed by atoms with Crippen LogP contribution in [0.1, 0.15) is 6.92 Å². The number of nitrogens with one attached hydrogen (secondary N) is 1. The molecule has 0 aromatic rings. The quantitative estimate of drug-likeness (QED) is 0.543. The third kappa shape index (κ3) is 4.24. The van der Waals surface area contributed by atoms with Crippen LogP contribution in [0.5, 0.6) is 0 Å². The topological polar surface area (TPSA) is 55.1 Å². The van der Waals surface area contributed by atoms with Crippen molar-refractivity contribution >= 4 is 17.5 Å². The zero-order chi connectivity index (χ0) is 7.28. The van der Waals surface area contributed by atoms with Crippen LogP contribution >= 0.6 is 11.6 Å². The van der Waals surface area contributed by atoms with E-state index >= 15 is 0 Å². The molecule has 0 fully saturated rings. The Morgan fingerprint density at radius 1 is 1.89 bits per heavy atom. The third-order valence-electron chi connectivity index (χ3n) is 0.805. The van der Waals surface area contributed by atoms with Crippen LogP contribution in [0.4, 0.5) is 0 Å². The average Bonchev–Trinajstić information content (AvgIpc) is 1.82. The molecular weight excluding hydrogens is 140 g/mol. The summed E-state index contributed by atoms with van der Waals surface area (Å²) in [6.45, 7) is 2.57. The van der Waals surface area contributed by atoms with E-state index in [4.69, 9.17) is 17.3 Å². The lowest BCUT2D eigenvalue weighted by atomic mass is 10.4. The standard InChI is InChI=1S/C5H11ClN2O/c1-4(6)5(9)8-3-2-7/h4H,2-3,7H2,1H3,(H,8,9). The fraction of sp³-hybridized carbons (Fsp3) is 0.800. The van der Waals surface area contributed by atoms with E-state index in [-0.39, 0.29) is 5.91 Å². The maximum Gasteiger partial charge on any atom is 0.237 e. The van der Waals surface area contributed by atoms with Gasteiger partial charge in [0.15, 0.2) is 0 Å². The van der Waals surface area contributed by atoms with Gasteiger partial charge in [-0.2, -0.15) is 0 Å². The van der Waals surface area contributed by atoms with Gasteiger partial charge in [0.25, 0.3) is 0 Å². The first-order valence-corrected chi connectivity index (χ1v) is 3.24. The maximum absolute atomic E-state index is 10.6. The minimum atomic E-state index is -0.462.